The Labute approximate surface area is 84.7 Å². The van der Waals surface area contributed by atoms with Gasteiger partial charge in [-0.25, -0.2) is 0 Å². The van der Waals surface area contributed by atoms with Gasteiger partial charge in [0, 0.05) is 12.7 Å². The number of aromatic nitrogens is 2. The van der Waals surface area contributed by atoms with Crippen molar-refractivity contribution in [3.8, 4) is 0 Å². The SMILES string of the molecule is CCCn1cc(C(=O)C(F)(F)Cl)cn1. The van der Waals surface area contributed by atoms with Crippen LogP contribution in [0.1, 0.15) is 23.7 Å². The van der Waals surface area contributed by atoms with E-state index in [9.17, 15) is 13.6 Å². The van der Waals surface area contributed by atoms with E-state index in [4.69, 9.17) is 0 Å². The molecule has 1 aromatic rings. The highest BCUT2D eigenvalue weighted by Gasteiger charge is 2.37. The molecular formula is C8H9ClF2N2O. The Hall–Kier alpha value is -0.970. The van der Waals surface area contributed by atoms with E-state index in [0.717, 1.165) is 12.6 Å². The Bertz CT molecular complexity index is 332. The molecule has 0 spiro atoms. The second-order valence-electron chi connectivity index (χ2n) is 2.82. The van der Waals surface area contributed by atoms with Crippen molar-refractivity contribution in [2.75, 3.05) is 0 Å². The largest absolute Gasteiger partial charge is 0.385 e. The zero-order valence-electron chi connectivity index (χ0n) is 7.51. The lowest BCUT2D eigenvalue weighted by Gasteiger charge is -2.02. The molecule has 0 aromatic carbocycles. The van der Waals surface area contributed by atoms with Gasteiger partial charge in [-0.1, -0.05) is 6.92 Å². The average molecular weight is 223 g/mol. The minimum atomic E-state index is -3.85. The maximum absolute atomic E-state index is 12.4. The average Bonchev–Trinajstić information content (AvgIpc) is 2.50. The van der Waals surface area contributed by atoms with Gasteiger partial charge in [0.1, 0.15) is 0 Å². The Morgan fingerprint density at radius 3 is 2.86 bits per heavy atom. The van der Waals surface area contributed by atoms with Crippen LogP contribution in [0.3, 0.4) is 0 Å². The van der Waals surface area contributed by atoms with E-state index in [1.807, 2.05) is 6.92 Å². The number of Topliss-reactive ketones (excluding diaryl/α,β-unsaturated/α-hetero) is 1. The first-order chi connectivity index (χ1) is 6.45. The number of hydrogen-bond donors (Lipinski definition) is 0. The molecule has 14 heavy (non-hydrogen) atoms. The maximum atomic E-state index is 12.4. The van der Waals surface area contributed by atoms with E-state index in [-0.39, 0.29) is 5.56 Å². The molecular weight excluding hydrogens is 214 g/mol. The summed E-state index contributed by atoms with van der Waals surface area (Å²) in [6.07, 6.45) is 3.17. The third kappa shape index (κ3) is 2.51. The molecule has 0 unspecified atom stereocenters. The molecule has 0 amide bonds. The monoisotopic (exact) mass is 222 g/mol. The molecule has 0 aliphatic carbocycles. The van der Waals surface area contributed by atoms with Gasteiger partial charge >= 0.3 is 5.38 Å². The molecule has 3 nitrogen and oxygen atoms in total. The van der Waals surface area contributed by atoms with Crippen LogP contribution in [-0.2, 0) is 6.54 Å². The summed E-state index contributed by atoms with van der Waals surface area (Å²) in [5, 5.41) is -0.103. The van der Waals surface area contributed by atoms with Crippen LogP contribution in [0, 0.1) is 0 Å². The van der Waals surface area contributed by atoms with Crippen molar-refractivity contribution in [3.63, 3.8) is 0 Å². The highest BCUT2D eigenvalue weighted by Crippen LogP contribution is 2.23. The highest BCUT2D eigenvalue weighted by atomic mass is 35.5. The summed E-state index contributed by atoms with van der Waals surface area (Å²) >= 11 is 4.58. The van der Waals surface area contributed by atoms with E-state index >= 15 is 0 Å². The number of carbonyl (C=O) groups excluding carboxylic acids is 1. The lowest BCUT2D eigenvalue weighted by atomic mass is 10.2. The summed E-state index contributed by atoms with van der Waals surface area (Å²) in [7, 11) is 0. The van der Waals surface area contributed by atoms with Crippen LogP contribution in [0.2, 0.25) is 0 Å². The first-order valence-corrected chi connectivity index (χ1v) is 4.47. The zero-order valence-corrected chi connectivity index (χ0v) is 8.26. The number of halogens is 3. The van der Waals surface area contributed by atoms with Crippen molar-refractivity contribution in [2.45, 2.75) is 25.3 Å². The van der Waals surface area contributed by atoms with E-state index in [0.29, 0.717) is 6.54 Å². The van der Waals surface area contributed by atoms with Crippen LogP contribution in [0.5, 0.6) is 0 Å². The lowest BCUT2D eigenvalue weighted by molar-refractivity contribution is 0.0536. The molecule has 78 valence electrons. The van der Waals surface area contributed by atoms with Crippen molar-refractivity contribution < 1.29 is 13.6 Å². The van der Waals surface area contributed by atoms with Gasteiger partial charge in [-0.3, -0.25) is 9.48 Å². The smallest absolute Gasteiger partial charge is 0.286 e. The number of aryl methyl sites for hydroxylation is 1. The normalized spacial score (nSPS) is 11.7. The van der Waals surface area contributed by atoms with Crippen LogP contribution in [0.25, 0.3) is 0 Å². The van der Waals surface area contributed by atoms with Gasteiger partial charge < -0.3 is 0 Å². The Morgan fingerprint density at radius 1 is 1.71 bits per heavy atom. The molecule has 1 heterocycles. The molecule has 1 rings (SSSR count). The second-order valence-corrected chi connectivity index (χ2v) is 3.29. The number of rotatable bonds is 4. The van der Waals surface area contributed by atoms with E-state index in [2.05, 4.69) is 16.7 Å². The van der Waals surface area contributed by atoms with Crippen LogP contribution in [-0.4, -0.2) is 20.9 Å². The molecule has 0 radical (unpaired) electrons. The minimum Gasteiger partial charge on any atom is -0.286 e. The van der Waals surface area contributed by atoms with Crippen LogP contribution in [0.15, 0.2) is 12.4 Å². The van der Waals surface area contributed by atoms with Crippen molar-refractivity contribution in [1.29, 1.82) is 0 Å². The van der Waals surface area contributed by atoms with Gasteiger partial charge in [-0.15, -0.1) is 0 Å². The fourth-order valence-electron chi connectivity index (χ4n) is 0.996. The van der Waals surface area contributed by atoms with Gasteiger partial charge in [0.25, 0.3) is 5.78 Å². The molecule has 0 aliphatic rings. The van der Waals surface area contributed by atoms with E-state index in [1.54, 1.807) is 0 Å². The van der Waals surface area contributed by atoms with Gasteiger partial charge in [0.2, 0.25) is 0 Å². The predicted octanol–water partition coefficient (Wildman–Crippen LogP) is 2.31. The number of carbonyl (C=O) groups is 1. The molecule has 0 fully saturated rings. The van der Waals surface area contributed by atoms with Gasteiger partial charge in [-0.05, 0) is 18.0 Å². The topological polar surface area (TPSA) is 34.9 Å². The molecule has 0 bridgehead atoms. The summed E-state index contributed by atoms with van der Waals surface area (Å²) < 4.78 is 26.2. The third-order valence-electron chi connectivity index (χ3n) is 1.61. The maximum Gasteiger partial charge on any atom is 0.385 e. The summed E-state index contributed by atoms with van der Waals surface area (Å²) in [4.78, 5) is 10.9. The molecule has 0 atom stereocenters. The predicted molar refractivity (Wildman–Crippen MR) is 47.6 cm³/mol. The van der Waals surface area contributed by atoms with Crippen molar-refractivity contribution in [2.24, 2.45) is 0 Å². The quantitative estimate of drug-likeness (QED) is 0.579. The van der Waals surface area contributed by atoms with E-state index in [1.165, 1.54) is 10.9 Å². The highest BCUT2D eigenvalue weighted by molar-refractivity contribution is 6.35. The number of ketones is 1. The molecule has 1 aromatic heterocycles. The molecule has 0 N–H and O–H groups in total. The lowest BCUT2D eigenvalue weighted by Crippen LogP contribution is -2.20. The standard InChI is InChI=1S/C8H9ClF2N2O/c1-2-3-13-5-6(4-12-13)7(14)8(9,10)11/h4-5H,2-3H2,1H3. The molecule has 6 heteroatoms. The molecule has 0 saturated carbocycles. The zero-order chi connectivity index (χ0) is 10.8. The Balaban J connectivity index is 2.82. The van der Waals surface area contributed by atoms with Gasteiger partial charge in [-0.2, -0.15) is 13.9 Å². The second kappa shape index (κ2) is 4.04. The number of hydrogen-bond acceptors (Lipinski definition) is 2. The number of nitrogens with zero attached hydrogens (tertiary/aromatic N) is 2. The summed E-state index contributed by atoms with van der Waals surface area (Å²) in [6.45, 7) is 2.50. The van der Waals surface area contributed by atoms with Crippen LogP contribution < -0.4 is 0 Å². The fraction of sp³-hybridized carbons (Fsp3) is 0.500. The first-order valence-electron chi connectivity index (χ1n) is 4.09. The van der Waals surface area contributed by atoms with Crippen LogP contribution in [0.4, 0.5) is 8.78 Å². The molecule has 0 saturated heterocycles. The number of alkyl halides is 3. The summed E-state index contributed by atoms with van der Waals surface area (Å²) in [6, 6.07) is 0. The Kier molecular flexibility index (Phi) is 3.21. The van der Waals surface area contributed by atoms with Gasteiger partial charge in [0.15, 0.2) is 0 Å². The van der Waals surface area contributed by atoms with Crippen molar-refractivity contribution >= 4 is 17.4 Å². The summed E-state index contributed by atoms with van der Waals surface area (Å²) in [5.41, 5.74) is -0.168. The van der Waals surface area contributed by atoms with E-state index < -0.39 is 11.2 Å². The van der Waals surface area contributed by atoms with Crippen molar-refractivity contribution in [1.82, 2.24) is 9.78 Å². The van der Waals surface area contributed by atoms with Crippen molar-refractivity contribution in [3.05, 3.63) is 18.0 Å². The summed E-state index contributed by atoms with van der Waals surface area (Å²) in [5.74, 6) is -1.42. The Morgan fingerprint density at radius 2 is 2.36 bits per heavy atom. The van der Waals surface area contributed by atoms with Crippen LogP contribution >= 0.6 is 11.6 Å². The minimum absolute atomic E-state index is 0.168. The third-order valence-corrected chi connectivity index (χ3v) is 1.78. The first kappa shape index (κ1) is 11.1. The fourth-order valence-corrected chi connectivity index (χ4v) is 1.10. The van der Waals surface area contributed by atoms with Gasteiger partial charge in [0.05, 0.1) is 11.8 Å². The molecule has 0 aliphatic heterocycles.